The normalized spacial score (nSPS) is 18.9. The average molecular weight is 341 g/mol. The number of rotatable bonds is 3. The monoisotopic (exact) mass is 341 g/mol. The maximum absolute atomic E-state index is 14.7. The Morgan fingerprint density at radius 3 is 2.60 bits per heavy atom. The minimum absolute atomic E-state index is 0.299. The number of likely N-dealkylation sites (tertiary alicyclic amines) is 1. The van der Waals surface area contributed by atoms with Crippen LogP contribution in [0.15, 0.2) is 42.5 Å². The molecule has 0 N–H and O–H groups in total. The van der Waals surface area contributed by atoms with E-state index in [0.29, 0.717) is 29.7 Å². The second-order valence-corrected chi connectivity index (χ2v) is 6.68. The molecule has 0 unspecified atom stereocenters. The summed E-state index contributed by atoms with van der Waals surface area (Å²) < 4.78 is 25.4. The topological polar surface area (TPSA) is 38.8 Å². The number of methoxy groups -OCH3 is 1. The molecule has 2 heterocycles. The van der Waals surface area contributed by atoms with Crippen molar-refractivity contribution in [1.29, 1.82) is 0 Å². The van der Waals surface area contributed by atoms with E-state index >= 15 is 0 Å². The minimum Gasteiger partial charge on any atom is -0.497 e. The Morgan fingerprint density at radius 2 is 1.92 bits per heavy atom. The summed E-state index contributed by atoms with van der Waals surface area (Å²) in [4.78, 5) is 14.6. The molecule has 5 heteroatoms. The summed E-state index contributed by atoms with van der Waals surface area (Å²) in [5, 5.41) is 0. The Hall–Kier alpha value is -2.40. The smallest absolute Gasteiger partial charge is 0.339 e. The van der Waals surface area contributed by atoms with E-state index < -0.39 is 17.4 Å². The highest BCUT2D eigenvalue weighted by molar-refractivity contribution is 5.95. The van der Waals surface area contributed by atoms with Crippen molar-refractivity contribution in [1.82, 2.24) is 4.90 Å². The number of hydrogen-bond acceptors (Lipinski definition) is 4. The van der Waals surface area contributed by atoms with Gasteiger partial charge >= 0.3 is 5.97 Å². The molecule has 0 aromatic heterocycles. The summed E-state index contributed by atoms with van der Waals surface area (Å²) in [6.45, 7) is 2.36. The molecule has 1 saturated heterocycles. The van der Waals surface area contributed by atoms with E-state index in [1.165, 1.54) is 18.7 Å². The van der Waals surface area contributed by atoms with Gasteiger partial charge in [-0.3, -0.25) is 4.90 Å². The first kappa shape index (κ1) is 16.1. The molecule has 1 spiro atoms. The molecular weight excluding hydrogens is 321 g/mol. The number of carbonyl (C=O) groups excluding carboxylic acids is 1. The van der Waals surface area contributed by atoms with E-state index in [-0.39, 0.29) is 0 Å². The van der Waals surface area contributed by atoms with E-state index in [1.54, 1.807) is 6.07 Å². The number of carbonyl (C=O) groups is 1. The van der Waals surface area contributed by atoms with Crippen LogP contribution >= 0.6 is 0 Å². The first-order valence-corrected chi connectivity index (χ1v) is 8.49. The second-order valence-electron chi connectivity index (χ2n) is 6.68. The van der Waals surface area contributed by atoms with Gasteiger partial charge in [-0.05, 0) is 11.6 Å². The van der Waals surface area contributed by atoms with Crippen molar-refractivity contribution in [2.45, 2.75) is 25.0 Å². The van der Waals surface area contributed by atoms with Crippen LogP contribution in [0.25, 0.3) is 0 Å². The van der Waals surface area contributed by atoms with Crippen LogP contribution in [0.5, 0.6) is 5.75 Å². The van der Waals surface area contributed by atoms with Crippen molar-refractivity contribution >= 4 is 5.97 Å². The van der Waals surface area contributed by atoms with Crippen LogP contribution < -0.4 is 4.74 Å². The van der Waals surface area contributed by atoms with Crippen molar-refractivity contribution in [3.8, 4) is 5.75 Å². The van der Waals surface area contributed by atoms with Crippen LogP contribution in [0, 0.1) is 5.82 Å². The van der Waals surface area contributed by atoms with Gasteiger partial charge in [0, 0.05) is 44.1 Å². The summed E-state index contributed by atoms with van der Waals surface area (Å²) in [6.07, 6.45) is 1.20. The fourth-order valence-electron chi connectivity index (χ4n) is 3.87. The van der Waals surface area contributed by atoms with Crippen LogP contribution in [-0.2, 0) is 16.9 Å². The van der Waals surface area contributed by atoms with Gasteiger partial charge in [-0.25, -0.2) is 9.18 Å². The molecule has 2 aliphatic heterocycles. The average Bonchev–Trinajstić information content (AvgIpc) is 2.90. The molecule has 1 fully saturated rings. The molecule has 130 valence electrons. The third-order valence-corrected chi connectivity index (χ3v) is 5.18. The number of ether oxygens (including phenoxy) is 2. The standard InChI is InChI=1S/C20H20FNO3/c1-24-15-11-16-18(17(21)12-15)20(25-19(16)23)7-9-22(10-8-20)13-14-5-3-2-4-6-14/h2-6,11-12H,7-10,13H2,1H3. The molecule has 2 aliphatic rings. The lowest BCUT2D eigenvalue weighted by Crippen LogP contribution is -2.42. The highest BCUT2D eigenvalue weighted by Crippen LogP contribution is 2.46. The van der Waals surface area contributed by atoms with Crippen LogP contribution in [0.3, 0.4) is 0 Å². The number of hydrogen-bond donors (Lipinski definition) is 0. The summed E-state index contributed by atoms with van der Waals surface area (Å²) in [5.41, 5.74) is 1.11. The Morgan fingerprint density at radius 1 is 1.20 bits per heavy atom. The number of fused-ring (bicyclic) bond motifs is 2. The van der Waals surface area contributed by atoms with Crippen molar-refractivity contribution in [2.75, 3.05) is 20.2 Å². The zero-order valence-corrected chi connectivity index (χ0v) is 14.1. The van der Waals surface area contributed by atoms with E-state index in [1.807, 2.05) is 18.2 Å². The zero-order chi connectivity index (χ0) is 17.4. The molecule has 25 heavy (non-hydrogen) atoms. The molecule has 4 nitrogen and oxygen atoms in total. The van der Waals surface area contributed by atoms with Gasteiger partial charge in [0.2, 0.25) is 0 Å². The number of piperidine rings is 1. The van der Waals surface area contributed by atoms with Crippen LogP contribution in [0.1, 0.15) is 34.3 Å². The van der Waals surface area contributed by atoms with Gasteiger partial charge < -0.3 is 9.47 Å². The van der Waals surface area contributed by atoms with Gasteiger partial charge in [-0.1, -0.05) is 30.3 Å². The molecule has 2 aromatic rings. The predicted octanol–water partition coefficient (Wildman–Crippen LogP) is 3.50. The highest BCUT2D eigenvalue weighted by atomic mass is 19.1. The van der Waals surface area contributed by atoms with E-state index in [4.69, 9.17) is 9.47 Å². The van der Waals surface area contributed by atoms with Gasteiger partial charge in [-0.15, -0.1) is 0 Å². The molecular formula is C20H20FNO3. The summed E-state index contributed by atoms with van der Waals surface area (Å²) >= 11 is 0. The van der Waals surface area contributed by atoms with Crippen LogP contribution in [0.4, 0.5) is 4.39 Å². The summed E-state index contributed by atoms with van der Waals surface area (Å²) in [6, 6.07) is 13.2. The molecule has 2 aromatic carbocycles. The molecule has 0 bridgehead atoms. The highest BCUT2D eigenvalue weighted by Gasteiger charge is 2.49. The summed E-state index contributed by atoms with van der Waals surface area (Å²) in [7, 11) is 1.46. The fraction of sp³-hybridized carbons (Fsp3) is 0.350. The Bertz CT molecular complexity index is 798. The third kappa shape index (κ3) is 2.78. The lowest BCUT2D eigenvalue weighted by atomic mass is 9.83. The molecule has 0 atom stereocenters. The Kier molecular flexibility index (Phi) is 3.96. The van der Waals surface area contributed by atoms with Crippen molar-refractivity contribution in [3.63, 3.8) is 0 Å². The Balaban J connectivity index is 1.55. The fourth-order valence-corrected chi connectivity index (χ4v) is 3.87. The number of benzene rings is 2. The van der Waals surface area contributed by atoms with Crippen LogP contribution in [0.2, 0.25) is 0 Å². The first-order chi connectivity index (χ1) is 12.1. The number of esters is 1. The van der Waals surface area contributed by atoms with Crippen molar-refractivity contribution in [2.24, 2.45) is 0 Å². The largest absolute Gasteiger partial charge is 0.497 e. The van der Waals surface area contributed by atoms with Gasteiger partial charge in [0.25, 0.3) is 0 Å². The lowest BCUT2D eigenvalue weighted by molar-refractivity contribution is -0.0454. The molecule has 0 amide bonds. The predicted molar refractivity (Wildman–Crippen MR) is 91.0 cm³/mol. The van der Waals surface area contributed by atoms with E-state index in [9.17, 15) is 9.18 Å². The molecule has 0 radical (unpaired) electrons. The van der Waals surface area contributed by atoms with Gasteiger partial charge in [-0.2, -0.15) is 0 Å². The van der Waals surface area contributed by atoms with Crippen LogP contribution in [-0.4, -0.2) is 31.1 Å². The van der Waals surface area contributed by atoms with Gasteiger partial charge in [0.1, 0.15) is 17.2 Å². The number of nitrogens with zero attached hydrogens (tertiary/aromatic N) is 1. The van der Waals surface area contributed by atoms with E-state index in [0.717, 1.165) is 19.6 Å². The Labute approximate surface area is 146 Å². The van der Waals surface area contributed by atoms with Gasteiger partial charge in [0.05, 0.1) is 12.7 Å². The van der Waals surface area contributed by atoms with Gasteiger partial charge in [0.15, 0.2) is 0 Å². The second kappa shape index (κ2) is 6.15. The third-order valence-electron chi connectivity index (χ3n) is 5.18. The number of halogens is 1. The zero-order valence-electron chi connectivity index (χ0n) is 14.1. The molecule has 0 aliphatic carbocycles. The SMILES string of the molecule is COc1cc(F)c2c(c1)C(=O)OC21CCN(Cc2ccccc2)CC1. The van der Waals surface area contributed by atoms with E-state index in [2.05, 4.69) is 17.0 Å². The minimum atomic E-state index is -0.837. The van der Waals surface area contributed by atoms with Crippen molar-refractivity contribution in [3.05, 3.63) is 65.0 Å². The summed E-state index contributed by atoms with van der Waals surface area (Å²) in [5.74, 6) is -0.534. The maximum atomic E-state index is 14.7. The van der Waals surface area contributed by atoms with Crippen molar-refractivity contribution < 1.29 is 18.7 Å². The molecule has 4 rings (SSSR count). The maximum Gasteiger partial charge on any atom is 0.339 e. The lowest BCUT2D eigenvalue weighted by Gasteiger charge is -2.38. The quantitative estimate of drug-likeness (QED) is 0.801. The first-order valence-electron chi connectivity index (χ1n) is 8.49. The molecule has 0 saturated carbocycles.